The molecule has 1 fully saturated rings. The molecule has 0 spiro atoms. The first-order valence-corrected chi connectivity index (χ1v) is 18.6. The number of carbonyl (C=O) groups excluding carboxylic acids is 2. The van der Waals surface area contributed by atoms with Gasteiger partial charge in [0.05, 0.1) is 31.1 Å². The van der Waals surface area contributed by atoms with Crippen molar-refractivity contribution in [2.24, 2.45) is 5.16 Å². The van der Waals surface area contributed by atoms with Gasteiger partial charge in [-0.1, -0.05) is 55.3 Å². The molecule has 0 N–H and O–H groups in total. The highest BCUT2D eigenvalue weighted by molar-refractivity contribution is 6.74. The fraction of sp³-hybridized carbons (Fsp3) is 0.471. The fourth-order valence-corrected chi connectivity index (χ4v) is 5.94. The lowest BCUT2D eigenvalue weighted by atomic mass is 9.99. The van der Waals surface area contributed by atoms with Crippen molar-refractivity contribution in [1.29, 1.82) is 0 Å². The van der Waals surface area contributed by atoms with Crippen molar-refractivity contribution in [1.82, 2.24) is 5.16 Å². The molecular weight excluding hydrogens is 623 g/mol. The monoisotopic (exact) mass is 666 g/mol. The molecule has 1 saturated heterocycles. The molecule has 2 aliphatic rings. The van der Waals surface area contributed by atoms with Gasteiger partial charge in [-0.2, -0.15) is 0 Å². The van der Waals surface area contributed by atoms with Gasteiger partial charge in [-0.3, -0.25) is 9.80 Å². The lowest BCUT2D eigenvalue weighted by molar-refractivity contribution is 0.0427. The molecule has 5 rings (SSSR count). The van der Waals surface area contributed by atoms with Crippen LogP contribution in [0.2, 0.25) is 18.1 Å². The van der Waals surface area contributed by atoms with E-state index >= 15 is 4.39 Å². The lowest BCUT2D eigenvalue weighted by Gasteiger charge is -2.36. The molecule has 47 heavy (non-hydrogen) atoms. The summed E-state index contributed by atoms with van der Waals surface area (Å²) in [6.07, 6.45) is -0.199. The molecule has 0 aliphatic carbocycles. The predicted molar refractivity (Wildman–Crippen MR) is 179 cm³/mol. The van der Waals surface area contributed by atoms with Crippen molar-refractivity contribution in [3.05, 3.63) is 66.2 Å². The second-order valence-electron chi connectivity index (χ2n) is 14.3. The van der Waals surface area contributed by atoms with E-state index in [1.54, 1.807) is 32.9 Å². The summed E-state index contributed by atoms with van der Waals surface area (Å²) >= 11 is 0. The minimum absolute atomic E-state index is 0.0304. The number of hydrogen-bond acceptors (Lipinski definition) is 9. The summed E-state index contributed by atoms with van der Waals surface area (Å²) in [6, 6.07) is 13.6. The predicted octanol–water partition coefficient (Wildman–Crippen LogP) is 7.76. The number of rotatable bonds is 9. The van der Waals surface area contributed by atoms with E-state index in [9.17, 15) is 9.59 Å². The Kier molecular flexibility index (Phi) is 9.51. The van der Waals surface area contributed by atoms with Crippen molar-refractivity contribution in [2.75, 3.05) is 29.5 Å². The minimum atomic E-state index is -1.89. The zero-order chi connectivity index (χ0) is 34.1. The zero-order valence-electron chi connectivity index (χ0n) is 28.2. The van der Waals surface area contributed by atoms with Crippen LogP contribution in [0.4, 0.5) is 25.5 Å². The number of anilines is 2. The number of ether oxygens (including phenoxy) is 2. The van der Waals surface area contributed by atoms with Gasteiger partial charge in [-0.05, 0) is 68.2 Å². The topological polar surface area (TPSA) is 116 Å². The van der Waals surface area contributed by atoms with Gasteiger partial charge in [0.15, 0.2) is 20.2 Å². The van der Waals surface area contributed by atoms with E-state index in [0.29, 0.717) is 29.8 Å². The van der Waals surface area contributed by atoms with Crippen LogP contribution >= 0.6 is 0 Å². The van der Waals surface area contributed by atoms with Crippen LogP contribution in [-0.4, -0.2) is 68.9 Å². The van der Waals surface area contributed by atoms with Crippen LogP contribution in [0.5, 0.6) is 0 Å². The molecular formula is C34H43FN4O7Si. The number of nitrogens with zero attached hydrogens (tertiary/aromatic N) is 4. The van der Waals surface area contributed by atoms with Crippen LogP contribution in [0.15, 0.2) is 64.5 Å². The smallest absolute Gasteiger partial charge is 0.416 e. The molecule has 0 bridgehead atoms. The lowest BCUT2D eigenvalue weighted by Crippen LogP contribution is -2.42. The number of hydrogen-bond donors (Lipinski definition) is 0. The van der Waals surface area contributed by atoms with Crippen molar-refractivity contribution in [3.8, 4) is 11.1 Å². The maximum absolute atomic E-state index is 15.5. The molecule has 1 aromatic heterocycles. The van der Waals surface area contributed by atoms with Gasteiger partial charge in [-0.25, -0.2) is 14.0 Å². The molecule has 252 valence electrons. The van der Waals surface area contributed by atoms with Crippen molar-refractivity contribution in [2.45, 2.75) is 83.9 Å². The molecule has 3 heterocycles. The Hall–Kier alpha value is -4.23. The molecule has 1 unspecified atom stereocenters. The van der Waals surface area contributed by atoms with Gasteiger partial charge < -0.3 is 23.3 Å². The maximum Gasteiger partial charge on any atom is 0.416 e. The zero-order valence-corrected chi connectivity index (χ0v) is 29.2. The SMILES string of the molecule is CC(C)(C)OC(=O)N(C[C@H]1CN(c2ccc(-c3ccc(C4=NOC(CO[Si](C)(C)C(C)(C)C)C4)cc3)c(F)c2)C(=O)O1)c1ccon1. The normalized spacial score (nSPS) is 18.5. The Labute approximate surface area is 275 Å². The highest BCUT2D eigenvalue weighted by atomic mass is 28.4. The van der Waals surface area contributed by atoms with E-state index in [1.165, 1.54) is 28.2 Å². The Balaban J connectivity index is 1.21. The van der Waals surface area contributed by atoms with E-state index in [4.69, 9.17) is 23.3 Å². The minimum Gasteiger partial charge on any atom is -0.443 e. The summed E-state index contributed by atoms with van der Waals surface area (Å²) in [5.74, 6) is -0.271. The van der Waals surface area contributed by atoms with Crippen LogP contribution in [-0.2, 0) is 18.7 Å². The maximum atomic E-state index is 15.5. The summed E-state index contributed by atoms with van der Waals surface area (Å²) in [7, 11) is -1.89. The Bertz CT molecular complexity index is 1610. The third-order valence-corrected chi connectivity index (χ3v) is 13.0. The first-order valence-electron chi connectivity index (χ1n) is 15.7. The molecule has 11 nitrogen and oxygen atoms in total. The van der Waals surface area contributed by atoms with Crippen LogP contribution in [0, 0.1) is 5.82 Å². The first-order chi connectivity index (χ1) is 22.0. The summed E-state index contributed by atoms with van der Waals surface area (Å²) in [5, 5.41) is 8.24. The number of cyclic esters (lactones) is 1. The third kappa shape index (κ3) is 8.02. The highest BCUT2D eigenvalue weighted by Crippen LogP contribution is 2.37. The average molecular weight is 667 g/mol. The molecule has 2 amide bonds. The van der Waals surface area contributed by atoms with Crippen LogP contribution in [0.25, 0.3) is 11.1 Å². The van der Waals surface area contributed by atoms with Crippen LogP contribution < -0.4 is 9.80 Å². The number of oxime groups is 1. The van der Waals surface area contributed by atoms with E-state index in [0.717, 1.165) is 11.3 Å². The second-order valence-corrected chi connectivity index (χ2v) is 19.2. The molecule has 2 aliphatic heterocycles. The van der Waals surface area contributed by atoms with Gasteiger partial charge in [-0.15, -0.1) is 0 Å². The van der Waals surface area contributed by atoms with E-state index < -0.39 is 38.0 Å². The van der Waals surface area contributed by atoms with Gasteiger partial charge in [0.25, 0.3) is 0 Å². The number of benzene rings is 2. The largest absolute Gasteiger partial charge is 0.443 e. The van der Waals surface area contributed by atoms with Gasteiger partial charge in [0.1, 0.15) is 23.8 Å². The summed E-state index contributed by atoms with van der Waals surface area (Å²) in [5.41, 5.74) is 2.38. The Morgan fingerprint density at radius 3 is 2.36 bits per heavy atom. The molecule has 2 aromatic carbocycles. The molecule has 2 atom stereocenters. The quantitative estimate of drug-likeness (QED) is 0.213. The summed E-state index contributed by atoms with van der Waals surface area (Å²) in [6.45, 7) is 16.8. The summed E-state index contributed by atoms with van der Waals surface area (Å²) in [4.78, 5) is 34.0. The Morgan fingerprint density at radius 1 is 1.04 bits per heavy atom. The van der Waals surface area contributed by atoms with Crippen molar-refractivity contribution in [3.63, 3.8) is 0 Å². The van der Waals surface area contributed by atoms with Gasteiger partial charge in [0.2, 0.25) is 0 Å². The van der Waals surface area contributed by atoms with Crippen LogP contribution in [0.3, 0.4) is 0 Å². The molecule has 0 saturated carbocycles. The van der Waals surface area contributed by atoms with Crippen molar-refractivity contribution < 1.29 is 37.2 Å². The highest BCUT2D eigenvalue weighted by Gasteiger charge is 2.39. The number of carbonyl (C=O) groups is 2. The number of halogens is 1. The Morgan fingerprint density at radius 2 is 1.74 bits per heavy atom. The number of aromatic nitrogens is 1. The standard InChI is InChI=1S/C34H43FN4O7Si/c1-33(2,3)45-32(41)39(30-15-16-42-37-30)20-26-19-38(31(40)44-26)24-13-14-27(28(35)17-24)22-9-11-23(12-10-22)29-18-25(46-36-29)21-43-47(7,8)34(4,5)6/h9-17,25-26H,18-21H2,1-8H3/t25?,26-/m1/s1. The molecule has 3 aromatic rings. The second kappa shape index (κ2) is 13.1. The van der Waals surface area contributed by atoms with E-state index in [1.807, 2.05) is 24.3 Å². The van der Waals surface area contributed by atoms with Crippen LogP contribution in [0.1, 0.15) is 53.5 Å². The third-order valence-electron chi connectivity index (χ3n) is 8.54. The first kappa shape index (κ1) is 34.1. The van der Waals surface area contributed by atoms with E-state index in [-0.39, 0.29) is 30.0 Å². The van der Waals surface area contributed by atoms with Gasteiger partial charge >= 0.3 is 12.2 Å². The summed E-state index contributed by atoms with van der Waals surface area (Å²) < 4.78 is 37.7. The fourth-order valence-electron chi connectivity index (χ4n) is 4.91. The average Bonchev–Trinajstić information content (AvgIpc) is 3.75. The van der Waals surface area contributed by atoms with Gasteiger partial charge in [0, 0.05) is 18.1 Å². The van der Waals surface area contributed by atoms with Crippen molar-refractivity contribution >= 4 is 37.7 Å². The van der Waals surface area contributed by atoms with E-state index in [2.05, 4.69) is 44.2 Å². The molecule has 13 heteroatoms. The number of amides is 2. The molecule has 0 radical (unpaired) electrons.